The Morgan fingerprint density at radius 3 is 1.54 bits per heavy atom. The smallest absolute Gasteiger partial charge is 0.168 e. The molecule has 182 valence electrons. The molecule has 0 fully saturated rings. The summed E-state index contributed by atoms with van der Waals surface area (Å²) in [6.45, 7) is 0. The summed E-state index contributed by atoms with van der Waals surface area (Å²) in [4.78, 5) is 0. The maximum Gasteiger partial charge on any atom is 0.168 e. The third-order valence-corrected chi connectivity index (χ3v) is 7.69. The summed E-state index contributed by atoms with van der Waals surface area (Å²) >= 11 is 0. The lowest BCUT2D eigenvalue weighted by atomic mass is 9.90. The van der Waals surface area contributed by atoms with Gasteiger partial charge in [-0.15, -0.1) is 10.2 Å². The van der Waals surface area contributed by atoms with E-state index < -0.39 is 0 Å². The third-order valence-electron chi connectivity index (χ3n) is 7.69. The van der Waals surface area contributed by atoms with Crippen molar-refractivity contribution >= 4 is 32.3 Å². The molecule has 0 bridgehead atoms. The molecule has 7 aromatic carbocycles. The number of aromatic nitrogens is 3. The van der Waals surface area contributed by atoms with Gasteiger partial charge in [-0.2, -0.15) is 0 Å². The molecule has 3 nitrogen and oxygen atoms in total. The molecule has 0 spiro atoms. The van der Waals surface area contributed by atoms with Crippen LogP contribution in [0, 0.1) is 0 Å². The highest BCUT2D eigenvalue weighted by molar-refractivity contribution is 6.25. The lowest BCUT2D eigenvalue weighted by Crippen LogP contribution is -2.00. The van der Waals surface area contributed by atoms with Crippen LogP contribution in [-0.4, -0.2) is 14.8 Å². The number of benzene rings is 7. The lowest BCUT2D eigenvalue weighted by molar-refractivity contribution is 1.07. The lowest BCUT2D eigenvalue weighted by Gasteiger charge is -2.15. The van der Waals surface area contributed by atoms with Crippen LogP contribution in [-0.2, 0) is 0 Å². The van der Waals surface area contributed by atoms with E-state index in [1.807, 2.05) is 36.4 Å². The molecule has 0 aliphatic heterocycles. The summed E-state index contributed by atoms with van der Waals surface area (Å²) in [6, 6.07) is 49.3. The Bertz CT molecular complexity index is 2020. The minimum Gasteiger partial charge on any atom is -0.275 e. The molecule has 0 amide bonds. The molecule has 0 radical (unpaired) electrons. The molecule has 0 saturated carbocycles. The molecule has 0 unspecified atom stereocenters. The summed E-state index contributed by atoms with van der Waals surface area (Å²) in [5.74, 6) is 1.65. The van der Waals surface area contributed by atoms with Gasteiger partial charge in [-0.1, -0.05) is 127 Å². The predicted octanol–water partition coefficient (Wildman–Crippen LogP) is 9.17. The van der Waals surface area contributed by atoms with Crippen LogP contribution in [0.1, 0.15) is 0 Å². The number of hydrogen-bond donors (Lipinski definition) is 0. The van der Waals surface area contributed by atoms with Gasteiger partial charge >= 0.3 is 0 Å². The van der Waals surface area contributed by atoms with E-state index in [0.717, 1.165) is 28.5 Å². The van der Waals surface area contributed by atoms with Gasteiger partial charge in [0, 0.05) is 16.8 Å². The molecule has 39 heavy (non-hydrogen) atoms. The Hall–Kier alpha value is -5.28. The van der Waals surface area contributed by atoms with Crippen molar-refractivity contribution in [1.29, 1.82) is 0 Å². The second kappa shape index (κ2) is 8.64. The van der Waals surface area contributed by atoms with E-state index in [1.54, 1.807) is 0 Å². The number of rotatable bonds is 4. The van der Waals surface area contributed by atoms with Crippen LogP contribution >= 0.6 is 0 Å². The summed E-state index contributed by atoms with van der Waals surface area (Å²) < 4.78 is 2.15. The van der Waals surface area contributed by atoms with Crippen molar-refractivity contribution in [1.82, 2.24) is 14.8 Å². The SMILES string of the molecule is c1ccc(-c2nnc(-c3ccccc3)n2-c2ccc(-c3ccc4ccc5cccc6ccc3c4c56)cc2)cc1. The first-order valence-electron chi connectivity index (χ1n) is 13.2. The summed E-state index contributed by atoms with van der Waals surface area (Å²) in [5.41, 5.74) is 5.51. The number of hydrogen-bond acceptors (Lipinski definition) is 2. The molecule has 0 aliphatic rings. The van der Waals surface area contributed by atoms with Gasteiger partial charge in [0.25, 0.3) is 0 Å². The molecular weight excluding hydrogens is 474 g/mol. The minimum absolute atomic E-state index is 0.824. The maximum atomic E-state index is 4.62. The van der Waals surface area contributed by atoms with E-state index in [4.69, 9.17) is 0 Å². The Morgan fingerprint density at radius 1 is 0.385 bits per heavy atom. The molecular formula is C36H23N3. The predicted molar refractivity (Wildman–Crippen MR) is 161 cm³/mol. The Kier molecular flexibility index (Phi) is 4.82. The zero-order valence-electron chi connectivity index (χ0n) is 21.1. The quantitative estimate of drug-likeness (QED) is 0.227. The first-order valence-corrected chi connectivity index (χ1v) is 13.2. The summed E-state index contributed by atoms with van der Waals surface area (Å²) in [7, 11) is 0. The van der Waals surface area contributed by atoms with Crippen molar-refractivity contribution in [2.75, 3.05) is 0 Å². The standard InChI is InChI=1S/C36H23N3/c1-3-8-28(9-4-1)35-37-38-36(29-10-5-2-6-11-29)39(35)30-20-16-24(17-21-30)31-22-18-27-15-14-25-12-7-13-26-19-23-32(31)34(27)33(25)26/h1-23H. The molecule has 8 aromatic rings. The van der Waals surface area contributed by atoms with Crippen LogP contribution in [0.5, 0.6) is 0 Å². The van der Waals surface area contributed by atoms with Gasteiger partial charge in [0.15, 0.2) is 11.6 Å². The summed E-state index contributed by atoms with van der Waals surface area (Å²) in [5, 5.41) is 17.0. The van der Waals surface area contributed by atoms with Crippen LogP contribution < -0.4 is 0 Å². The third kappa shape index (κ3) is 3.44. The Labute approximate surface area is 226 Å². The monoisotopic (exact) mass is 497 g/mol. The first-order chi connectivity index (χ1) is 19.3. The van der Waals surface area contributed by atoms with Crippen molar-refractivity contribution in [2.45, 2.75) is 0 Å². The van der Waals surface area contributed by atoms with Crippen molar-refractivity contribution in [3.05, 3.63) is 140 Å². The van der Waals surface area contributed by atoms with Crippen LogP contribution in [0.4, 0.5) is 0 Å². The average molecular weight is 498 g/mol. The minimum atomic E-state index is 0.824. The van der Waals surface area contributed by atoms with Crippen LogP contribution in [0.25, 0.3) is 71.9 Å². The summed E-state index contributed by atoms with van der Waals surface area (Å²) in [6.07, 6.45) is 0. The fourth-order valence-electron chi connectivity index (χ4n) is 5.85. The van der Waals surface area contributed by atoms with Crippen molar-refractivity contribution in [3.8, 4) is 39.6 Å². The zero-order valence-corrected chi connectivity index (χ0v) is 21.1. The van der Waals surface area contributed by atoms with E-state index in [9.17, 15) is 0 Å². The molecule has 0 saturated heterocycles. The van der Waals surface area contributed by atoms with E-state index in [1.165, 1.54) is 43.4 Å². The van der Waals surface area contributed by atoms with Crippen molar-refractivity contribution in [2.24, 2.45) is 0 Å². The van der Waals surface area contributed by atoms with Gasteiger partial charge < -0.3 is 0 Å². The normalized spacial score (nSPS) is 11.6. The average Bonchev–Trinajstić information content (AvgIpc) is 3.46. The van der Waals surface area contributed by atoms with Gasteiger partial charge in [-0.3, -0.25) is 4.57 Å². The highest BCUT2D eigenvalue weighted by Gasteiger charge is 2.18. The molecule has 1 aromatic heterocycles. The van der Waals surface area contributed by atoms with Crippen LogP contribution in [0.15, 0.2) is 140 Å². The van der Waals surface area contributed by atoms with Gasteiger partial charge in [-0.05, 0) is 55.6 Å². The highest BCUT2D eigenvalue weighted by atomic mass is 15.3. The Morgan fingerprint density at radius 2 is 0.923 bits per heavy atom. The second-order valence-corrected chi connectivity index (χ2v) is 9.93. The van der Waals surface area contributed by atoms with Crippen LogP contribution in [0.2, 0.25) is 0 Å². The largest absolute Gasteiger partial charge is 0.275 e. The molecule has 3 heteroatoms. The number of nitrogens with zero attached hydrogens (tertiary/aromatic N) is 3. The molecule has 0 aliphatic carbocycles. The second-order valence-electron chi connectivity index (χ2n) is 9.93. The van der Waals surface area contributed by atoms with Crippen molar-refractivity contribution < 1.29 is 0 Å². The molecule has 0 N–H and O–H groups in total. The van der Waals surface area contributed by atoms with Gasteiger partial charge in [0.1, 0.15) is 0 Å². The first kappa shape index (κ1) is 21.8. The molecule has 1 heterocycles. The van der Waals surface area contributed by atoms with Crippen molar-refractivity contribution in [3.63, 3.8) is 0 Å². The maximum absolute atomic E-state index is 4.62. The Balaban J connectivity index is 1.30. The zero-order chi connectivity index (χ0) is 25.8. The van der Waals surface area contributed by atoms with Gasteiger partial charge in [0.2, 0.25) is 0 Å². The van der Waals surface area contributed by atoms with Gasteiger partial charge in [-0.25, -0.2) is 0 Å². The van der Waals surface area contributed by atoms with Crippen LogP contribution in [0.3, 0.4) is 0 Å². The highest BCUT2D eigenvalue weighted by Crippen LogP contribution is 2.39. The molecule has 0 atom stereocenters. The molecule has 8 rings (SSSR count). The van der Waals surface area contributed by atoms with E-state index in [2.05, 4.69) is 118 Å². The van der Waals surface area contributed by atoms with E-state index in [-0.39, 0.29) is 0 Å². The van der Waals surface area contributed by atoms with E-state index >= 15 is 0 Å². The fourth-order valence-corrected chi connectivity index (χ4v) is 5.85. The van der Waals surface area contributed by atoms with E-state index in [0.29, 0.717) is 0 Å². The van der Waals surface area contributed by atoms with Gasteiger partial charge in [0.05, 0.1) is 0 Å². The fraction of sp³-hybridized carbons (Fsp3) is 0. The topological polar surface area (TPSA) is 30.7 Å².